The van der Waals surface area contributed by atoms with Crippen molar-refractivity contribution in [1.29, 1.82) is 0 Å². The topological polar surface area (TPSA) is 34.1 Å². The van der Waals surface area contributed by atoms with E-state index in [1.54, 1.807) is 6.20 Å². The van der Waals surface area contributed by atoms with Crippen molar-refractivity contribution in [2.24, 2.45) is 0 Å². The minimum Gasteiger partial charge on any atom is -0.476 e. The van der Waals surface area contributed by atoms with Crippen molar-refractivity contribution in [3.63, 3.8) is 0 Å². The minimum absolute atomic E-state index is 0.340. The molecular formula is C18H22N2O. The van der Waals surface area contributed by atoms with E-state index in [2.05, 4.69) is 34.6 Å². The molecule has 1 atom stereocenters. The molecule has 3 nitrogen and oxygen atoms in total. The van der Waals surface area contributed by atoms with Crippen LogP contribution in [0.15, 0.2) is 42.6 Å². The first-order valence-electron chi connectivity index (χ1n) is 7.80. The number of benzene rings is 1. The minimum atomic E-state index is 0.340. The van der Waals surface area contributed by atoms with Crippen LogP contribution < -0.4 is 10.1 Å². The Balaban J connectivity index is 1.88. The standard InChI is InChI=1S/C18H22N2O/c1-2-21-18-17(12-7-13-19-18)20-16-11-6-4-9-14-8-3-5-10-15(14)16/h3,5,7-8,10,12-13,16,20H,2,4,6,9,11H2,1H3. The van der Waals surface area contributed by atoms with Gasteiger partial charge in [0.15, 0.2) is 0 Å². The number of hydrogen-bond acceptors (Lipinski definition) is 3. The van der Waals surface area contributed by atoms with Crippen LogP contribution in [0.1, 0.15) is 43.4 Å². The number of aromatic nitrogens is 1. The lowest BCUT2D eigenvalue weighted by atomic mass is 9.99. The molecule has 0 spiro atoms. The highest BCUT2D eigenvalue weighted by molar-refractivity contribution is 5.54. The quantitative estimate of drug-likeness (QED) is 0.846. The Morgan fingerprint density at radius 1 is 1.19 bits per heavy atom. The number of pyridine rings is 1. The zero-order chi connectivity index (χ0) is 14.5. The summed E-state index contributed by atoms with van der Waals surface area (Å²) >= 11 is 0. The first kappa shape index (κ1) is 13.9. The molecule has 21 heavy (non-hydrogen) atoms. The van der Waals surface area contributed by atoms with Crippen molar-refractivity contribution in [1.82, 2.24) is 4.98 Å². The van der Waals surface area contributed by atoms with Crippen LogP contribution in [0.25, 0.3) is 0 Å². The Hall–Kier alpha value is -2.03. The Bertz CT molecular complexity index is 597. The number of rotatable bonds is 4. The Morgan fingerprint density at radius 2 is 2.10 bits per heavy atom. The van der Waals surface area contributed by atoms with Gasteiger partial charge in [0.05, 0.1) is 18.3 Å². The second-order valence-electron chi connectivity index (χ2n) is 5.43. The fourth-order valence-electron chi connectivity index (χ4n) is 3.01. The Kier molecular flexibility index (Phi) is 4.39. The number of anilines is 1. The fraction of sp³-hybridized carbons (Fsp3) is 0.389. The van der Waals surface area contributed by atoms with Gasteiger partial charge in [0, 0.05) is 6.20 Å². The molecule has 0 saturated heterocycles. The molecule has 3 rings (SSSR count). The highest BCUT2D eigenvalue weighted by atomic mass is 16.5. The van der Waals surface area contributed by atoms with Crippen LogP contribution >= 0.6 is 0 Å². The summed E-state index contributed by atoms with van der Waals surface area (Å²) in [6, 6.07) is 13.1. The smallest absolute Gasteiger partial charge is 0.237 e. The van der Waals surface area contributed by atoms with E-state index in [4.69, 9.17) is 4.74 Å². The molecule has 1 aliphatic carbocycles. The van der Waals surface area contributed by atoms with Gasteiger partial charge in [-0.2, -0.15) is 0 Å². The van der Waals surface area contributed by atoms with E-state index >= 15 is 0 Å². The number of nitrogens with one attached hydrogen (secondary N) is 1. The zero-order valence-electron chi connectivity index (χ0n) is 12.5. The highest BCUT2D eigenvalue weighted by Crippen LogP contribution is 2.33. The molecule has 1 N–H and O–H groups in total. The number of fused-ring (bicyclic) bond motifs is 1. The summed E-state index contributed by atoms with van der Waals surface area (Å²) in [6.45, 7) is 2.62. The normalized spacial score (nSPS) is 17.7. The number of ether oxygens (including phenoxy) is 1. The van der Waals surface area contributed by atoms with Crippen molar-refractivity contribution in [2.45, 2.75) is 38.6 Å². The van der Waals surface area contributed by atoms with Gasteiger partial charge in [-0.1, -0.05) is 30.7 Å². The van der Waals surface area contributed by atoms with Crippen LogP contribution in [-0.2, 0) is 6.42 Å². The van der Waals surface area contributed by atoms with Crippen LogP contribution in [-0.4, -0.2) is 11.6 Å². The molecule has 1 heterocycles. The largest absolute Gasteiger partial charge is 0.476 e. The number of hydrogen-bond donors (Lipinski definition) is 1. The summed E-state index contributed by atoms with van der Waals surface area (Å²) in [5.74, 6) is 0.696. The molecule has 1 aromatic carbocycles. The van der Waals surface area contributed by atoms with Gasteiger partial charge < -0.3 is 10.1 Å². The van der Waals surface area contributed by atoms with Gasteiger partial charge >= 0.3 is 0 Å². The summed E-state index contributed by atoms with van der Waals surface area (Å²) in [6.07, 6.45) is 6.62. The first-order valence-corrected chi connectivity index (χ1v) is 7.80. The molecule has 0 fully saturated rings. The van der Waals surface area contributed by atoms with E-state index in [0.717, 1.165) is 12.1 Å². The molecule has 0 saturated carbocycles. The third-order valence-corrected chi connectivity index (χ3v) is 4.00. The van der Waals surface area contributed by atoms with E-state index in [9.17, 15) is 0 Å². The summed E-state index contributed by atoms with van der Waals surface area (Å²) < 4.78 is 5.62. The van der Waals surface area contributed by atoms with Gasteiger partial charge in [-0.3, -0.25) is 0 Å². The first-order chi connectivity index (χ1) is 10.4. The Labute approximate surface area is 126 Å². The zero-order valence-corrected chi connectivity index (χ0v) is 12.5. The molecule has 0 radical (unpaired) electrons. The molecule has 1 aliphatic rings. The van der Waals surface area contributed by atoms with Crippen LogP contribution in [0.5, 0.6) is 5.88 Å². The third-order valence-electron chi connectivity index (χ3n) is 4.00. The van der Waals surface area contributed by atoms with E-state index in [-0.39, 0.29) is 0 Å². The summed E-state index contributed by atoms with van der Waals surface area (Å²) in [7, 11) is 0. The highest BCUT2D eigenvalue weighted by Gasteiger charge is 2.19. The average molecular weight is 282 g/mol. The molecule has 0 bridgehead atoms. The van der Waals surface area contributed by atoms with E-state index in [1.807, 2.05) is 19.1 Å². The molecular weight excluding hydrogens is 260 g/mol. The van der Waals surface area contributed by atoms with Gasteiger partial charge in [0.2, 0.25) is 5.88 Å². The predicted octanol–water partition coefficient (Wildman–Crippen LogP) is 4.36. The van der Waals surface area contributed by atoms with E-state index < -0.39 is 0 Å². The molecule has 0 amide bonds. The maximum absolute atomic E-state index is 5.62. The average Bonchev–Trinajstić information content (AvgIpc) is 2.72. The lowest BCUT2D eigenvalue weighted by Crippen LogP contribution is -2.12. The Morgan fingerprint density at radius 3 is 3.00 bits per heavy atom. The van der Waals surface area contributed by atoms with Crippen molar-refractivity contribution >= 4 is 5.69 Å². The number of nitrogens with zero attached hydrogens (tertiary/aromatic N) is 1. The fourth-order valence-corrected chi connectivity index (χ4v) is 3.01. The molecule has 1 unspecified atom stereocenters. The molecule has 2 aromatic rings. The molecule has 1 aromatic heterocycles. The summed E-state index contributed by atoms with van der Waals surface area (Å²) in [5.41, 5.74) is 3.87. The summed E-state index contributed by atoms with van der Waals surface area (Å²) in [5, 5.41) is 3.64. The second kappa shape index (κ2) is 6.61. The van der Waals surface area contributed by atoms with E-state index in [1.165, 1.54) is 30.4 Å². The van der Waals surface area contributed by atoms with Gasteiger partial charge in [-0.05, 0) is 49.4 Å². The second-order valence-corrected chi connectivity index (χ2v) is 5.43. The molecule has 3 heteroatoms. The van der Waals surface area contributed by atoms with Gasteiger partial charge in [0.1, 0.15) is 0 Å². The van der Waals surface area contributed by atoms with Crippen LogP contribution in [0.3, 0.4) is 0 Å². The van der Waals surface area contributed by atoms with Gasteiger partial charge in [0.25, 0.3) is 0 Å². The van der Waals surface area contributed by atoms with Crippen molar-refractivity contribution in [2.75, 3.05) is 11.9 Å². The lowest BCUT2D eigenvalue weighted by Gasteiger charge is -2.21. The SMILES string of the molecule is CCOc1ncccc1NC1CCCCc2ccccc21. The van der Waals surface area contributed by atoms with E-state index in [0.29, 0.717) is 18.5 Å². The predicted molar refractivity (Wildman–Crippen MR) is 85.8 cm³/mol. The molecule has 0 aliphatic heterocycles. The number of aryl methyl sites for hydroxylation is 1. The maximum Gasteiger partial charge on any atom is 0.237 e. The van der Waals surface area contributed by atoms with Crippen molar-refractivity contribution in [3.05, 3.63) is 53.7 Å². The summed E-state index contributed by atoms with van der Waals surface area (Å²) in [4.78, 5) is 4.33. The van der Waals surface area contributed by atoms with Crippen LogP contribution in [0.2, 0.25) is 0 Å². The van der Waals surface area contributed by atoms with Crippen molar-refractivity contribution in [3.8, 4) is 5.88 Å². The third kappa shape index (κ3) is 3.18. The maximum atomic E-state index is 5.62. The van der Waals surface area contributed by atoms with Gasteiger partial charge in [-0.15, -0.1) is 0 Å². The monoisotopic (exact) mass is 282 g/mol. The van der Waals surface area contributed by atoms with Crippen molar-refractivity contribution < 1.29 is 4.74 Å². The van der Waals surface area contributed by atoms with Crippen LogP contribution in [0.4, 0.5) is 5.69 Å². The molecule has 110 valence electrons. The lowest BCUT2D eigenvalue weighted by molar-refractivity contribution is 0.328. The van der Waals surface area contributed by atoms with Gasteiger partial charge in [-0.25, -0.2) is 4.98 Å². The van der Waals surface area contributed by atoms with Crippen LogP contribution in [0, 0.1) is 0 Å².